The van der Waals surface area contributed by atoms with Gasteiger partial charge in [-0.2, -0.15) is 0 Å². The van der Waals surface area contributed by atoms with Crippen LogP contribution in [0.1, 0.15) is 13.3 Å². The Morgan fingerprint density at radius 1 is 1.67 bits per heavy atom. The maximum atomic E-state index is 11.1. The van der Waals surface area contributed by atoms with E-state index >= 15 is 0 Å². The Kier molecular flexibility index (Phi) is 5.17. The van der Waals surface area contributed by atoms with E-state index in [1.807, 2.05) is 6.92 Å². The summed E-state index contributed by atoms with van der Waals surface area (Å²) in [6, 6.07) is 0. The molecular formula is C9H14BrN3OS. The Bertz CT molecular complexity index is 348. The molecule has 4 nitrogen and oxygen atoms in total. The lowest BCUT2D eigenvalue weighted by Crippen LogP contribution is -2.15. The summed E-state index contributed by atoms with van der Waals surface area (Å²) in [6.07, 6.45) is 5.77. The molecule has 0 radical (unpaired) electrons. The van der Waals surface area contributed by atoms with Gasteiger partial charge in [0.15, 0.2) is 0 Å². The molecule has 1 heterocycles. The number of halogens is 1. The van der Waals surface area contributed by atoms with Crippen LogP contribution in [0.2, 0.25) is 0 Å². The van der Waals surface area contributed by atoms with E-state index in [9.17, 15) is 4.21 Å². The van der Waals surface area contributed by atoms with Crippen LogP contribution in [-0.2, 0) is 10.8 Å². The van der Waals surface area contributed by atoms with Crippen LogP contribution in [0.25, 0.3) is 0 Å². The monoisotopic (exact) mass is 291 g/mol. The third-order valence-electron chi connectivity index (χ3n) is 2.08. The smallest absolute Gasteiger partial charge is 0.143 e. The van der Waals surface area contributed by atoms with Crippen molar-refractivity contribution in [2.24, 2.45) is 0 Å². The van der Waals surface area contributed by atoms with Crippen LogP contribution in [0.4, 0.5) is 5.82 Å². The van der Waals surface area contributed by atoms with E-state index in [2.05, 4.69) is 31.2 Å². The molecule has 0 aliphatic rings. The normalized spacial score (nSPS) is 14.6. The molecule has 1 N–H and O–H groups in total. The molecule has 0 bridgehead atoms. The predicted molar refractivity (Wildman–Crippen MR) is 66.4 cm³/mol. The highest BCUT2D eigenvalue weighted by molar-refractivity contribution is 9.10. The number of nitrogens with zero attached hydrogens (tertiary/aromatic N) is 2. The summed E-state index contributed by atoms with van der Waals surface area (Å²) in [5.74, 6) is 0.777. The summed E-state index contributed by atoms with van der Waals surface area (Å²) in [6.45, 7) is 2.74. The number of hydrogen-bond acceptors (Lipinski definition) is 4. The fourth-order valence-electron chi connectivity index (χ4n) is 1.00. The van der Waals surface area contributed by atoms with Gasteiger partial charge in [-0.1, -0.05) is 6.92 Å². The molecule has 84 valence electrons. The number of anilines is 1. The molecule has 15 heavy (non-hydrogen) atoms. The van der Waals surface area contributed by atoms with Gasteiger partial charge in [0.1, 0.15) is 12.1 Å². The highest BCUT2D eigenvalue weighted by Crippen LogP contribution is 2.16. The van der Waals surface area contributed by atoms with Crippen LogP contribution in [0.3, 0.4) is 0 Å². The summed E-state index contributed by atoms with van der Waals surface area (Å²) in [5.41, 5.74) is 0. The zero-order valence-electron chi connectivity index (χ0n) is 8.74. The maximum Gasteiger partial charge on any atom is 0.143 e. The molecular weight excluding hydrogens is 278 g/mol. The van der Waals surface area contributed by atoms with Crippen LogP contribution in [0, 0.1) is 0 Å². The lowest BCUT2D eigenvalue weighted by molar-refractivity contribution is 0.672. The average Bonchev–Trinajstić information content (AvgIpc) is 2.20. The summed E-state index contributed by atoms with van der Waals surface area (Å²) < 4.78 is 11.9. The summed E-state index contributed by atoms with van der Waals surface area (Å²) in [4.78, 5) is 7.94. The molecule has 1 aromatic rings. The third-order valence-corrected chi connectivity index (χ3v) is 4.03. The van der Waals surface area contributed by atoms with Crippen LogP contribution in [0.5, 0.6) is 0 Å². The number of hydrogen-bond donors (Lipinski definition) is 1. The van der Waals surface area contributed by atoms with Crippen molar-refractivity contribution in [3.63, 3.8) is 0 Å². The van der Waals surface area contributed by atoms with E-state index in [0.29, 0.717) is 0 Å². The van der Waals surface area contributed by atoms with Crippen LogP contribution in [0.15, 0.2) is 17.0 Å². The van der Waals surface area contributed by atoms with Gasteiger partial charge in [0, 0.05) is 35.0 Å². The Balaban J connectivity index is 2.38. The second-order valence-corrected chi connectivity index (χ2v) is 5.90. The number of rotatable bonds is 5. The van der Waals surface area contributed by atoms with Crippen LogP contribution < -0.4 is 5.32 Å². The standard InChI is InChI=1S/C9H14BrN3OS/c1-7(15(2)14)3-4-12-9-8(10)5-11-6-13-9/h5-7H,3-4H2,1-2H3,(H,11,12,13). The van der Waals surface area contributed by atoms with Crippen LogP contribution >= 0.6 is 15.9 Å². The van der Waals surface area contributed by atoms with E-state index in [1.165, 1.54) is 6.33 Å². The van der Waals surface area contributed by atoms with Gasteiger partial charge >= 0.3 is 0 Å². The van der Waals surface area contributed by atoms with Crippen molar-refractivity contribution >= 4 is 32.5 Å². The number of nitrogens with one attached hydrogen (secondary N) is 1. The van der Waals surface area contributed by atoms with Crippen molar-refractivity contribution in [1.29, 1.82) is 0 Å². The minimum absolute atomic E-state index is 0.207. The fourth-order valence-corrected chi connectivity index (χ4v) is 1.81. The Morgan fingerprint density at radius 2 is 2.40 bits per heavy atom. The zero-order valence-corrected chi connectivity index (χ0v) is 11.1. The third kappa shape index (κ3) is 4.25. The van der Waals surface area contributed by atoms with Crippen molar-refractivity contribution in [3.05, 3.63) is 17.0 Å². The largest absolute Gasteiger partial charge is 0.369 e. The van der Waals surface area contributed by atoms with Gasteiger partial charge in [0.2, 0.25) is 0 Å². The molecule has 0 aliphatic carbocycles. The van der Waals surface area contributed by atoms with Gasteiger partial charge in [-0.25, -0.2) is 9.97 Å². The Morgan fingerprint density at radius 3 is 3.00 bits per heavy atom. The summed E-state index contributed by atoms with van der Waals surface area (Å²) in [7, 11) is -0.758. The molecule has 0 aliphatic heterocycles. The second-order valence-electron chi connectivity index (χ2n) is 3.24. The van der Waals surface area contributed by atoms with E-state index in [-0.39, 0.29) is 5.25 Å². The molecule has 1 aromatic heterocycles. The lowest BCUT2D eigenvalue weighted by Gasteiger charge is -2.10. The minimum Gasteiger partial charge on any atom is -0.369 e. The first-order valence-corrected chi connectivity index (χ1v) is 7.04. The molecule has 0 spiro atoms. The predicted octanol–water partition coefficient (Wildman–Crippen LogP) is 1.81. The maximum absolute atomic E-state index is 11.1. The van der Waals surface area contributed by atoms with Crippen molar-refractivity contribution in [3.8, 4) is 0 Å². The highest BCUT2D eigenvalue weighted by atomic mass is 79.9. The molecule has 0 saturated heterocycles. The van der Waals surface area contributed by atoms with Crippen molar-refractivity contribution in [1.82, 2.24) is 9.97 Å². The SMILES string of the molecule is CC(CCNc1ncncc1Br)S(C)=O. The molecule has 1 rings (SSSR count). The highest BCUT2D eigenvalue weighted by Gasteiger charge is 2.06. The summed E-state index contributed by atoms with van der Waals surface area (Å²) >= 11 is 3.34. The van der Waals surface area contributed by atoms with Crippen molar-refractivity contribution in [2.45, 2.75) is 18.6 Å². The van der Waals surface area contributed by atoms with E-state index in [4.69, 9.17) is 0 Å². The molecule has 0 amide bonds. The van der Waals surface area contributed by atoms with Gasteiger partial charge in [-0.15, -0.1) is 0 Å². The Hall–Kier alpha value is -0.490. The van der Waals surface area contributed by atoms with Crippen molar-refractivity contribution < 1.29 is 4.21 Å². The van der Waals surface area contributed by atoms with Gasteiger partial charge < -0.3 is 5.32 Å². The van der Waals surface area contributed by atoms with Gasteiger partial charge in [-0.3, -0.25) is 4.21 Å². The first-order valence-electron chi connectivity index (χ1n) is 4.63. The lowest BCUT2D eigenvalue weighted by atomic mass is 10.3. The molecule has 0 fully saturated rings. The van der Waals surface area contributed by atoms with E-state index in [0.717, 1.165) is 23.3 Å². The first-order chi connectivity index (χ1) is 7.11. The minimum atomic E-state index is -0.758. The van der Waals surface area contributed by atoms with Gasteiger partial charge in [-0.05, 0) is 22.4 Å². The zero-order chi connectivity index (χ0) is 11.3. The molecule has 2 atom stereocenters. The first kappa shape index (κ1) is 12.6. The van der Waals surface area contributed by atoms with E-state index in [1.54, 1.807) is 12.5 Å². The van der Waals surface area contributed by atoms with Gasteiger partial charge in [0.25, 0.3) is 0 Å². The van der Waals surface area contributed by atoms with Gasteiger partial charge in [0.05, 0.1) is 4.47 Å². The molecule has 0 aromatic carbocycles. The molecule has 2 unspecified atom stereocenters. The average molecular weight is 292 g/mol. The second kappa shape index (κ2) is 6.17. The number of aromatic nitrogens is 2. The summed E-state index contributed by atoms with van der Waals surface area (Å²) in [5, 5.41) is 3.37. The fraction of sp³-hybridized carbons (Fsp3) is 0.556. The Labute approximate surface area is 100 Å². The van der Waals surface area contributed by atoms with E-state index < -0.39 is 10.8 Å². The molecule has 6 heteroatoms. The van der Waals surface area contributed by atoms with Crippen LogP contribution in [-0.4, -0.2) is 32.2 Å². The topological polar surface area (TPSA) is 54.9 Å². The van der Waals surface area contributed by atoms with Crippen molar-refractivity contribution in [2.75, 3.05) is 18.1 Å². The molecule has 0 saturated carbocycles. The quantitative estimate of drug-likeness (QED) is 0.899.